The van der Waals surface area contributed by atoms with Crippen LogP contribution in [0.4, 0.5) is 0 Å². The van der Waals surface area contributed by atoms with Crippen LogP contribution in [0.1, 0.15) is 21.6 Å². The van der Waals surface area contributed by atoms with E-state index in [2.05, 4.69) is 15.3 Å². The monoisotopic (exact) mass is 233 g/mol. The van der Waals surface area contributed by atoms with Gasteiger partial charge in [-0.05, 0) is 6.92 Å². The van der Waals surface area contributed by atoms with Crippen molar-refractivity contribution in [1.82, 2.24) is 24.9 Å². The first-order chi connectivity index (χ1) is 8.08. The fourth-order valence-electron chi connectivity index (χ4n) is 1.67. The summed E-state index contributed by atoms with van der Waals surface area (Å²) in [5.41, 5.74) is 2.40. The van der Waals surface area contributed by atoms with Crippen LogP contribution >= 0.6 is 0 Å². The van der Waals surface area contributed by atoms with Gasteiger partial charge in [0.05, 0.1) is 18.0 Å². The number of carbonyl (C=O) groups excluding carboxylic acids is 1. The van der Waals surface area contributed by atoms with Gasteiger partial charge in [-0.1, -0.05) is 0 Å². The van der Waals surface area contributed by atoms with Gasteiger partial charge < -0.3 is 4.90 Å². The van der Waals surface area contributed by atoms with Crippen LogP contribution in [0.2, 0.25) is 0 Å². The lowest BCUT2D eigenvalue weighted by Gasteiger charge is -2.15. The van der Waals surface area contributed by atoms with Crippen LogP contribution < -0.4 is 0 Å². The number of hydrogen-bond acceptors (Lipinski definition) is 3. The van der Waals surface area contributed by atoms with E-state index in [1.54, 1.807) is 29.0 Å². The third-order valence-corrected chi connectivity index (χ3v) is 2.59. The zero-order valence-electron chi connectivity index (χ0n) is 10.1. The number of aryl methyl sites for hydroxylation is 2. The number of H-pyrrole nitrogens is 1. The summed E-state index contributed by atoms with van der Waals surface area (Å²) in [5.74, 6) is -0.0416. The molecule has 0 fully saturated rings. The molecule has 1 amide bonds. The summed E-state index contributed by atoms with van der Waals surface area (Å²) >= 11 is 0. The molecule has 2 heterocycles. The normalized spacial score (nSPS) is 10.5. The maximum atomic E-state index is 12.1. The second kappa shape index (κ2) is 4.40. The van der Waals surface area contributed by atoms with Gasteiger partial charge in [-0.25, -0.2) is 0 Å². The van der Waals surface area contributed by atoms with Gasteiger partial charge in [0.1, 0.15) is 0 Å². The Balaban J connectivity index is 2.08. The average molecular weight is 233 g/mol. The Labute approximate surface area is 99.2 Å². The zero-order chi connectivity index (χ0) is 12.4. The van der Waals surface area contributed by atoms with Crippen LogP contribution in [0.15, 0.2) is 18.6 Å². The molecule has 0 radical (unpaired) electrons. The van der Waals surface area contributed by atoms with Crippen LogP contribution in [0.3, 0.4) is 0 Å². The van der Waals surface area contributed by atoms with Gasteiger partial charge >= 0.3 is 0 Å². The van der Waals surface area contributed by atoms with Crippen molar-refractivity contribution < 1.29 is 4.79 Å². The van der Waals surface area contributed by atoms with Crippen molar-refractivity contribution in [3.05, 3.63) is 35.4 Å². The number of aromatic amines is 1. The number of aromatic nitrogens is 4. The van der Waals surface area contributed by atoms with Crippen LogP contribution in [-0.4, -0.2) is 37.8 Å². The Bertz CT molecular complexity index is 527. The fourth-order valence-corrected chi connectivity index (χ4v) is 1.67. The van der Waals surface area contributed by atoms with Crippen molar-refractivity contribution in [1.29, 1.82) is 0 Å². The number of amides is 1. The van der Waals surface area contributed by atoms with Crippen molar-refractivity contribution in [2.45, 2.75) is 13.5 Å². The predicted molar refractivity (Wildman–Crippen MR) is 62.3 cm³/mol. The van der Waals surface area contributed by atoms with Crippen LogP contribution in [0.25, 0.3) is 0 Å². The summed E-state index contributed by atoms with van der Waals surface area (Å²) < 4.78 is 1.72. The molecule has 1 N–H and O–H groups in total. The molecule has 2 rings (SSSR count). The first kappa shape index (κ1) is 11.4. The molecule has 2 aromatic heterocycles. The van der Waals surface area contributed by atoms with E-state index in [0.717, 1.165) is 11.3 Å². The first-order valence-electron chi connectivity index (χ1n) is 5.31. The molecule has 6 nitrogen and oxygen atoms in total. The molecule has 0 saturated carbocycles. The standard InChI is InChI=1S/C11H15N5O/c1-8-10(5-12-14-8)11(17)15(2)6-9-4-13-16(3)7-9/h4-5,7H,6H2,1-3H3,(H,12,14). The highest BCUT2D eigenvalue weighted by Crippen LogP contribution is 2.09. The second-order valence-electron chi connectivity index (χ2n) is 4.09. The predicted octanol–water partition coefficient (Wildman–Crippen LogP) is 0.724. The maximum absolute atomic E-state index is 12.1. The highest BCUT2D eigenvalue weighted by molar-refractivity contribution is 5.94. The van der Waals surface area contributed by atoms with Crippen molar-refractivity contribution in [2.75, 3.05) is 7.05 Å². The largest absolute Gasteiger partial charge is 0.337 e. The van der Waals surface area contributed by atoms with Gasteiger partial charge in [0.25, 0.3) is 5.91 Å². The molecule has 0 aliphatic carbocycles. The number of hydrogen-bond donors (Lipinski definition) is 1. The molecule has 0 saturated heterocycles. The Kier molecular flexibility index (Phi) is 2.95. The fraction of sp³-hybridized carbons (Fsp3) is 0.364. The lowest BCUT2D eigenvalue weighted by molar-refractivity contribution is 0.0784. The third-order valence-electron chi connectivity index (χ3n) is 2.59. The quantitative estimate of drug-likeness (QED) is 0.849. The summed E-state index contributed by atoms with van der Waals surface area (Å²) in [5, 5.41) is 10.7. The van der Waals surface area contributed by atoms with Crippen molar-refractivity contribution in [3.8, 4) is 0 Å². The molecule has 0 spiro atoms. The average Bonchev–Trinajstić information content (AvgIpc) is 2.86. The molecule has 0 atom stereocenters. The zero-order valence-corrected chi connectivity index (χ0v) is 10.1. The van der Waals surface area contributed by atoms with Crippen molar-refractivity contribution in [3.63, 3.8) is 0 Å². The topological polar surface area (TPSA) is 66.8 Å². The summed E-state index contributed by atoms with van der Waals surface area (Å²) in [4.78, 5) is 13.7. The highest BCUT2D eigenvalue weighted by atomic mass is 16.2. The summed E-state index contributed by atoms with van der Waals surface area (Å²) in [6, 6.07) is 0. The summed E-state index contributed by atoms with van der Waals surface area (Å²) in [7, 11) is 3.62. The molecule has 2 aromatic rings. The van der Waals surface area contributed by atoms with Gasteiger partial charge in [0.2, 0.25) is 0 Å². The van der Waals surface area contributed by atoms with E-state index in [0.29, 0.717) is 12.1 Å². The molecule has 6 heteroatoms. The number of rotatable bonds is 3. The van der Waals surface area contributed by atoms with Gasteiger partial charge in [0.15, 0.2) is 0 Å². The maximum Gasteiger partial charge on any atom is 0.257 e. The van der Waals surface area contributed by atoms with E-state index in [1.807, 2.05) is 20.2 Å². The minimum absolute atomic E-state index is 0.0416. The van der Waals surface area contributed by atoms with Crippen LogP contribution in [-0.2, 0) is 13.6 Å². The smallest absolute Gasteiger partial charge is 0.257 e. The van der Waals surface area contributed by atoms with E-state index in [4.69, 9.17) is 0 Å². The van der Waals surface area contributed by atoms with Crippen LogP contribution in [0, 0.1) is 6.92 Å². The lowest BCUT2D eigenvalue weighted by atomic mass is 10.2. The van der Waals surface area contributed by atoms with E-state index < -0.39 is 0 Å². The third kappa shape index (κ3) is 2.35. The van der Waals surface area contributed by atoms with Gasteiger partial charge in [0, 0.05) is 38.1 Å². The molecule has 0 unspecified atom stereocenters. The Morgan fingerprint density at radius 2 is 2.29 bits per heavy atom. The number of nitrogens with one attached hydrogen (secondary N) is 1. The summed E-state index contributed by atoms with van der Waals surface area (Å²) in [6.07, 6.45) is 5.20. The van der Waals surface area contributed by atoms with Crippen LogP contribution in [0.5, 0.6) is 0 Å². The Hall–Kier alpha value is -2.11. The molecular weight excluding hydrogens is 218 g/mol. The molecule has 0 aliphatic heterocycles. The molecule has 17 heavy (non-hydrogen) atoms. The highest BCUT2D eigenvalue weighted by Gasteiger charge is 2.16. The van der Waals surface area contributed by atoms with E-state index in [9.17, 15) is 4.79 Å². The van der Waals surface area contributed by atoms with E-state index in [1.165, 1.54) is 0 Å². The van der Waals surface area contributed by atoms with Gasteiger partial charge in [-0.15, -0.1) is 0 Å². The van der Waals surface area contributed by atoms with E-state index >= 15 is 0 Å². The molecular formula is C11H15N5O. The Morgan fingerprint density at radius 3 is 2.82 bits per heavy atom. The van der Waals surface area contributed by atoms with Crippen molar-refractivity contribution >= 4 is 5.91 Å². The number of nitrogens with zero attached hydrogens (tertiary/aromatic N) is 4. The van der Waals surface area contributed by atoms with Crippen molar-refractivity contribution in [2.24, 2.45) is 7.05 Å². The minimum atomic E-state index is -0.0416. The SMILES string of the molecule is Cc1[nH]ncc1C(=O)N(C)Cc1cnn(C)c1. The molecule has 90 valence electrons. The minimum Gasteiger partial charge on any atom is -0.337 e. The lowest BCUT2D eigenvalue weighted by Crippen LogP contribution is -2.26. The Morgan fingerprint density at radius 1 is 1.53 bits per heavy atom. The molecule has 0 bridgehead atoms. The molecule has 0 aliphatic rings. The van der Waals surface area contributed by atoms with Gasteiger partial charge in [-0.2, -0.15) is 10.2 Å². The second-order valence-corrected chi connectivity index (χ2v) is 4.09. The van der Waals surface area contributed by atoms with E-state index in [-0.39, 0.29) is 5.91 Å². The summed E-state index contributed by atoms with van der Waals surface area (Å²) in [6.45, 7) is 2.37. The first-order valence-corrected chi connectivity index (χ1v) is 5.31. The molecule has 0 aromatic carbocycles. The van der Waals surface area contributed by atoms with Gasteiger partial charge in [-0.3, -0.25) is 14.6 Å². The number of carbonyl (C=O) groups is 1.